The predicted molar refractivity (Wildman–Crippen MR) is 92.0 cm³/mol. The molecule has 2 aromatic carbocycles. The third-order valence-corrected chi connectivity index (χ3v) is 4.17. The van der Waals surface area contributed by atoms with Gasteiger partial charge in [0.05, 0.1) is 11.0 Å². The van der Waals surface area contributed by atoms with Crippen LogP contribution < -0.4 is 10.6 Å². The van der Waals surface area contributed by atoms with Crippen LogP contribution in [0.15, 0.2) is 36.4 Å². The fraction of sp³-hybridized carbons (Fsp3) is 0.278. The molecule has 0 heterocycles. The van der Waals surface area contributed by atoms with Crippen molar-refractivity contribution in [2.24, 2.45) is 0 Å². The molecular weight excluding hydrogens is 344 g/mol. The molecule has 0 unspecified atom stereocenters. The van der Waals surface area contributed by atoms with Crippen molar-refractivity contribution >= 4 is 17.3 Å². The van der Waals surface area contributed by atoms with Crippen molar-refractivity contribution in [3.8, 4) is 0 Å². The van der Waals surface area contributed by atoms with Crippen molar-refractivity contribution in [2.75, 3.05) is 5.32 Å². The van der Waals surface area contributed by atoms with Crippen LogP contribution in [-0.2, 0) is 0 Å². The highest BCUT2D eigenvalue weighted by Crippen LogP contribution is 2.31. The van der Waals surface area contributed by atoms with E-state index in [1.165, 1.54) is 24.3 Å². The molecule has 0 saturated heterocycles. The molecule has 26 heavy (non-hydrogen) atoms. The summed E-state index contributed by atoms with van der Waals surface area (Å²) < 4.78 is 26.8. The maximum Gasteiger partial charge on any atom is 0.293 e. The minimum atomic E-state index is -0.771. The van der Waals surface area contributed by atoms with Crippen LogP contribution in [-0.4, -0.2) is 16.9 Å². The van der Waals surface area contributed by atoms with Crippen LogP contribution in [0.3, 0.4) is 0 Å². The number of nitro benzene ring substituents is 1. The summed E-state index contributed by atoms with van der Waals surface area (Å²) >= 11 is 0. The van der Waals surface area contributed by atoms with Crippen molar-refractivity contribution in [2.45, 2.75) is 31.8 Å². The highest BCUT2D eigenvalue weighted by Gasteiger charge is 2.26. The number of nitrogens with zero attached hydrogens (tertiary/aromatic N) is 1. The maximum absolute atomic E-state index is 13.8. The molecule has 1 amide bonds. The molecule has 1 aliphatic rings. The number of carbonyl (C=O) groups is 1. The standard InChI is InChI=1S/C18H17F2N3O3/c1-10(14-6-3-12(19)9-15(14)20)21-18(24)11-2-7-16(22-13-4-5-13)17(8-11)23(25)26/h2-3,6-10,13,22H,4-5H2,1H3,(H,21,24)/t10-/m1/s1. The Labute approximate surface area is 148 Å². The Kier molecular flexibility index (Phi) is 4.83. The molecule has 1 aliphatic carbocycles. The van der Waals surface area contributed by atoms with E-state index in [1.54, 1.807) is 6.92 Å². The zero-order valence-corrected chi connectivity index (χ0v) is 14.0. The first-order valence-electron chi connectivity index (χ1n) is 8.16. The second kappa shape index (κ2) is 7.07. The molecule has 2 aromatic rings. The van der Waals surface area contributed by atoms with Crippen LogP contribution in [0.4, 0.5) is 20.2 Å². The number of nitrogens with one attached hydrogen (secondary N) is 2. The van der Waals surface area contributed by atoms with Crippen molar-refractivity contribution in [3.63, 3.8) is 0 Å². The van der Waals surface area contributed by atoms with Gasteiger partial charge in [-0.2, -0.15) is 0 Å². The van der Waals surface area contributed by atoms with Crippen LogP contribution in [0.25, 0.3) is 0 Å². The molecule has 8 heteroatoms. The Morgan fingerprint density at radius 1 is 1.23 bits per heavy atom. The van der Waals surface area contributed by atoms with E-state index in [2.05, 4.69) is 10.6 Å². The van der Waals surface area contributed by atoms with E-state index in [0.29, 0.717) is 5.69 Å². The molecule has 0 aromatic heterocycles. The van der Waals surface area contributed by atoms with E-state index in [1.807, 2.05) is 0 Å². The summed E-state index contributed by atoms with van der Waals surface area (Å²) in [4.78, 5) is 23.1. The number of anilines is 1. The third kappa shape index (κ3) is 3.96. The topological polar surface area (TPSA) is 84.3 Å². The zero-order valence-electron chi connectivity index (χ0n) is 14.0. The quantitative estimate of drug-likeness (QED) is 0.603. The van der Waals surface area contributed by atoms with Gasteiger partial charge < -0.3 is 10.6 Å². The predicted octanol–water partition coefficient (Wildman–Crippen LogP) is 3.94. The number of nitro groups is 1. The lowest BCUT2D eigenvalue weighted by Gasteiger charge is -2.15. The molecule has 136 valence electrons. The Morgan fingerprint density at radius 3 is 2.58 bits per heavy atom. The summed E-state index contributed by atoms with van der Waals surface area (Å²) in [5, 5.41) is 16.9. The van der Waals surface area contributed by atoms with Crippen molar-refractivity contribution < 1.29 is 18.5 Å². The second-order valence-electron chi connectivity index (χ2n) is 6.27. The summed E-state index contributed by atoms with van der Waals surface area (Å²) in [5.74, 6) is -2.06. The maximum atomic E-state index is 13.8. The van der Waals surface area contributed by atoms with E-state index in [-0.39, 0.29) is 22.9 Å². The minimum Gasteiger partial charge on any atom is -0.377 e. The average Bonchev–Trinajstić information content (AvgIpc) is 3.38. The first-order valence-corrected chi connectivity index (χ1v) is 8.16. The van der Waals surface area contributed by atoms with Gasteiger partial charge >= 0.3 is 0 Å². The number of rotatable bonds is 6. The van der Waals surface area contributed by atoms with Gasteiger partial charge in [-0.15, -0.1) is 0 Å². The van der Waals surface area contributed by atoms with Gasteiger partial charge in [0.2, 0.25) is 0 Å². The average molecular weight is 361 g/mol. The lowest BCUT2D eigenvalue weighted by Crippen LogP contribution is -2.27. The van der Waals surface area contributed by atoms with E-state index in [0.717, 1.165) is 25.0 Å². The highest BCUT2D eigenvalue weighted by molar-refractivity contribution is 5.96. The molecule has 1 atom stereocenters. The Balaban J connectivity index is 1.78. The van der Waals surface area contributed by atoms with E-state index in [9.17, 15) is 23.7 Å². The largest absolute Gasteiger partial charge is 0.377 e. The van der Waals surface area contributed by atoms with E-state index >= 15 is 0 Å². The fourth-order valence-electron chi connectivity index (χ4n) is 2.60. The van der Waals surface area contributed by atoms with Crippen molar-refractivity contribution in [3.05, 3.63) is 69.3 Å². The first-order chi connectivity index (χ1) is 12.3. The first kappa shape index (κ1) is 17.8. The molecule has 1 saturated carbocycles. The number of benzene rings is 2. The fourth-order valence-corrected chi connectivity index (χ4v) is 2.60. The van der Waals surface area contributed by atoms with Gasteiger partial charge in [0.1, 0.15) is 17.3 Å². The highest BCUT2D eigenvalue weighted by atomic mass is 19.1. The molecule has 0 spiro atoms. The van der Waals surface area contributed by atoms with Crippen molar-refractivity contribution in [1.29, 1.82) is 0 Å². The summed E-state index contributed by atoms with van der Waals surface area (Å²) in [7, 11) is 0. The number of carbonyl (C=O) groups excluding carboxylic acids is 1. The van der Waals surface area contributed by atoms with Gasteiger partial charge in [-0.1, -0.05) is 6.07 Å². The number of hydrogen-bond acceptors (Lipinski definition) is 4. The lowest BCUT2D eigenvalue weighted by atomic mass is 10.1. The Hall–Kier alpha value is -3.03. The van der Waals surface area contributed by atoms with Crippen LogP contribution in [0.5, 0.6) is 0 Å². The monoisotopic (exact) mass is 361 g/mol. The molecule has 6 nitrogen and oxygen atoms in total. The Morgan fingerprint density at radius 2 is 1.96 bits per heavy atom. The Bertz CT molecular complexity index is 869. The molecule has 0 radical (unpaired) electrons. The van der Waals surface area contributed by atoms with Crippen LogP contribution >= 0.6 is 0 Å². The molecule has 0 bridgehead atoms. The smallest absolute Gasteiger partial charge is 0.293 e. The van der Waals surface area contributed by atoms with Gasteiger partial charge in [-0.25, -0.2) is 8.78 Å². The van der Waals surface area contributed by atoms with E-state index < -0.39 is 28.5 Å². The molecule has 3 rings (SSSR count). The second-order valence-corrected chi connectivity index (χ2v) is 6.27. The summed E-state index contributed by atoms with van der Waals surface area (Å²) in [5.41, 5.74) is 0.394. The number of hydrogen-bond donors (Lipinski definition) is 2. The van der Waals surface area contributed by atoms with E-state index in [4.69, 9.17) is 0 Å². The van der Waals surface area contributed by atoms with Crippen molar-refractivity contribution in [1.82, 2.24) is 5.32 Å². The summed E-state index contributed by atoms with van der Waals surface area (Å²) in [6.45, 7) is 1.55. The molecule has 1 fully saturated rings. The summed E-state index contributed by atoms with van der Waals surface area (Å²) in [6, 6.07) is 6.75. The molecular formula is C18H17F2N3O3. The van der Waals surface area contributed by atoms with Crippen LogP contribution in [0.2, 0.25) is 0 Å². The lowest BCUT2D eigenvalue weighted by molar-refractivity contribution is -0.384. The van der Waals surface area contributed by atoms with Gasteiger partial charge in [-0.3, -0.25) is 14.9 Å². The van der Waals surface area contributed by atoms with Gasteiger partial charge in [0, 0.05) is 29.3 Å². The van der Waals surface area contributed by atoms with Gasteiger partial charge in [0.15, 0.2) is 0 Å². The van der Waals surface area contributed by atoms with Crippen LogP contribution in [0.1, 0.15) is 41.7 Å². The van der Waals surface area contributed by atoms with Gasteiger partial charge in [0.25, 0.3) is 11.6 Å². The molecule has 0 aliphatic heterocycles. The third-order valence-electron chi connectivity index (χ3n) is 4.17. The zero-order chi connectivity index (χ0) is 18.8. The number of halogens is 2. The minimum absolute atomic E-state index is 0.0902. The normalized spacial score (nSPS) is 14.6. The van der Waals surface area contributed by atoms with Gasteiger partial charge in [-0.05, 0) is 38.0 Å². The molecule has 2 N–H and O–H groups in total. The SMILES string of the molecule is C[C@@H](NC(=O)c1ccc(NC2CC2)c([N+](=O)[O-])c1)c1ccc(F)cc1F. The van der Waals surface area contributed by atoms with Crippen LogP contribution in [0, 0.1) is 21.7 Å². The number of amides is 1. The summed E-state index contributed by atoms with van der Waals surface area (Å²) in [6.07, 6.45) is 1.92.